The highest BCUT2D eigenvalue weighted by molar-refractivity contribution is 7.99. The van der Waals surface area contributed by atoms with Gasteiger partial charge in [0, 0.05) is 55.2 Å². The largest absolute Gasteiger partial charge is 0.378 e. The number of hydrogen-bond acceptors (Lipinski definition) is 5. The highest BCUT2D eigenvalue weighted by Gasteiger charge is 2.12. The molecule has 1 heterocycles. The molecule has 0 amide bonds. The van der Waals surface area contributed by atoms with Crippen molar-refractivity contribution < 1.29 is 0 Å². The maximum absolute atomic E-state index is 5.03. The number of thioether (sulfide) groups is 1. The van der Waals surface area contributed by atoms with E-state index in [1.807, 2.05) is 11.8 Å². The molecule has 0 aliphatic carbocycles. The molecule has 0 fully saturated rings. The van der Waals surface area contributed by atoms with Gasteiger partial charge in [-0.25, -0.2) is 4.98 Å². The summed E-state index contributed by atoms with van der Waals surface area (Å²) in [4.78, 5) is 13.2. The van der Waals surface area contributed by atoms with E-state index < -0.39 is 0 Å². The Balaban J connectivity index is 2.01. The second kappa shape index (κ2) is 9.68. The van der Waals surface area contributed by atoms with Crippen molar-refractivity contribution in [3.8, 4) is 0 Å². The van der Waals surface area contributed by atoms with Crippen LogP contribution in [-0.4, -0.2) is 63.5 Å². The van der Waals surface area contributed by atoms with Gasteiger partial charge in [0.05, 0.1) is 11.0 Å². The lowest BCUT2D eigenvalue weighted by molar-refractivity contribution is 0.305. The fraction of sp³-hybridized carbons (Fsp3) is 0.458. The quantitative estimate of drug-likeness (QED) is 0.269. The van der Waals surface area contributed by atoms with Gasteiger partial charge in [0.15, 0.2) is 0 Å². The van der Waals surface area contributed by atoms with E-state index in [1.165, 1.54) is 33.5 Å². The van der Waals surface area contributed by atoms with Crippen LogP contribution in [0.2, 0.25) is 0 Å². The number of pyridine rings is 1. The van der Waals surface area contributed by atoms with Gasteiger partial charge in [-0.05, 0) is 68.2 Å². The molecular weight excluding hydrogens is 376 g/mol. The minimum Gasteiger partial charge on any atom is -0.378 e. The molecule has 0 atom stereocenters. The Hall–Kier alpha value is -1.98. The third-order valence-corrected chi connectivity index (χ3v) is 6.71. The second-order valence-electron chi connectivity index (χ2n) is 7.86. The minimum atomic E-state index is 1.07. The second-order valence-corrected chi connectivity index (χ2v) is 8.97. The first-order chi connectivity index (χ1) is 13.9. The van der Waals surface area contributed by atoms with Gasteiger partial charge < -0.3 is 14.7 Å². The van der Waals surface area contributed by atoms with Crippen LogP contribution in [-0.2, 0) is 0 Å². The Bertz CT molecular complexity index is 898. The zero-order chi connectivity index (χ0) is 21.0. The van der Waals surface area contributed by atoms with Crippen LogP contribution < -0.4 is 9.80 Å². The molecule has 156 valence electrons. The first-order valence-electron chi connectivity index (χ1n) is 10.5. The van der Waals surface area contributed by atoms with Gasteiger partial charge in [0.25, 0.3) is 0 Å². The molecule has 0 aliphatic heterocycles. The van der Waals surface area contributed by atoms with Crippen LogP contribution in [0.15, 0.2) is 41.3 Å². The summed E-state index contributed by atoms with van der Waals surface area (Å²) in [6.45, 7) is 7.90. The number of aromatic nitrogens is 1. The average Bonchev–Trinajstić information content (AvgIpc) is 2.72. The highest BCUT2D eigenvalue weighted by atomic mass is 32.2. The van der Waals surface area contributed by atoms with E-state index in [9.17, 15) is 0 Å². The van der Waals surface area contributed by atoms with Gasteiger partial charge >= 0.3 is 0 Å². The van der Waals surface area contributed by atoms with Crippen molar-refractivity contribution in [3.63, 3.8) is 0 Å². The Kier molecular flexibility index (Phi) is 7.25. The Morgan fingerprint density at radius 2 is 1.31 bits per heavy atom. The van der Waals surface area contributed by atoms with E-state index in [0.29, 0.717) is 0 Å². The van der Waals surface area contributed by atoms with Crippen molar-refractivity contribution in [2.45, 2.75) is 25.2 Å². The fourth-order valence-electron chi connectivity index (χ4n) is 3.60. The van der Waals surface area contributed by atoms with Crippen molar-refractivity contribution in [3.05, 3.63) is 36.4 Å². The maximum atomic E-state index is 5.03. The smallest absolute Gasteiger partial charge is 0.0741 e. The molecule has 3 aromatic rings. The number of hydrogen-bond donors (Lipinski definition) is 0. The molecule has 4 nitrogen and oxygen atoms in total. The van der Waals surface area contributed by atoms with Crippen LogP contribution >= 0.6 is 11.8 Å². The van der Waals surface area contributed by atoms with Crippen molar-refractivity contribution in [1.82, 2.24) is 9.88 Å². The van der Waals surface area contributed by atoms with Gasteiger partial charge in [-0.3, -0.25) is 0 Å². The van der Waals surface area contributed by atoms with Gasteiger partial charge in [-0.15, -0.1) is 11.8 Å². The van der Waals surface area contributed by atoms with Crippen LogP contribution in [0.5, 0.6) is 0 Å². The van der Waals surface area contributed by atoms with E-state index in [1.54, 1.807) is 0 Å². The van der Waals surface area contributed by atoms with E-state index in [2.05, 4.69) is 93.1 Å². The van der Waals surface area contributed by atoms with E-state index in [4.69, 9.17) is 4.98 Å². The van der Waals surface area contributed by atoms with Crippen molar-refractivity contribution in [1.29, 1.82) is 0 Å². The molecule has 29 heavy (non-hydrogen) atoms. The Morgan fingerprint density at radius 3 is 1.76 bits per heavy atom. The predicted molar refractivity (Wildman–Crippen MR) is 131 cm³/mol. The van der Waals surface area contributed by atoms with E-state index in [-0.39, 0.29) is 0 Å². The third kappa shape index (κ3) is 4.96. The van der Waals surface area contributed by atoms with Crippen molar-refractivity contribution >= 4 is 44.9 Å². The average molecular weight is 411 g/mol. The molecule has 0 aliphatic rings. The summed E-state index contributed by atoms with van der Waals surface area (Å²) in [6.07, 6.45) is 1.20. The summed E-state index contributed by atoms with van der Waals surface area (Å²) in [7, 11) is 8.31. The molecule has 0 saturated carbocycles. The predicted octanol–water partition coefficient (Wildman–Crippen LogP) is 5.34. The lowest BCUT2D eigenvalue weighted by Crippen LogP contribution is -2.24. The molecule has 0 spiro atoms. The topological polar surface area (TPSA) is 22.6 Å². The van der Waals surface area contributed by atoms with Crippen LogP contribution in [0.1, 0.15) is 20.3 Å². The minimum absolute atomic E-state index is 1.07. The van der Waals surface area contributed by atoms with Crippen molar-refractivity contribution in [2.24, 2.45) is 0 Å². The summed E-state index contributed by atoms with van der Waals surface area (Å²) in [5.74, 6) is 1.12. The summed E-state index contributed by atoms with van der Waals surface area (Å²) >= 11 is 1.98. The van der Waals surface area contributed by atoms with Gasteiger partial charge in [0.1, 0.15) is 0 Å². The first kappa shape index (κ1) is 21.7. The molecule has 0 N–H and O–H groups in total. The molecular formula is C24H34N4S. The van der Waals surface area contributed by atoms with E-state index >= 15 is 0 Å². The van der Waals surface area contributed by atoms with Crippen molar-refractivity contribution in [2.75, 3.05) is 63.4 Å². The van der Waals surface area contributed by atoms with Crippen LogP contribution in [0.25, 0.3) is 21.8 Å². The molecule has 1 aromatic heterocycles. The molecule has 0 bridgehead atoms. The number of fused-ring (bicyclic) bond motifs is 2. The van der Waals surface area contributed by atoms with Crippen LogP contribution in [0.4, 0.5) is 11.4 Å². The maximum Gasteiger partial charge on any atom is 0.0741 e. The SMILES string of the molecule is CCN(CC)CCCSc1c2ccc(N(C)C)cc2nc2cc(N(C)C)ccc12. The zero-order valence-corrected chi connectivity index (χ0v) is 19.5. The number of anilines is 2. The molecule has 0 saturated heterocycles. The Labute approximate surface area is 179 Å². The molecule has 5 heteroatoms. The standard InChI is InChI=1S/C24H34N4S/c1-7-28(8-2)14-9-15-29-24-20-12-10-18(26(3)4)16-22(20)25-23-17-19(27(5)6)11-13-21(23)24/h10-13,16-17H,7-9,14-15H2,1-6H3. The lowest BCUT2D eigenvalue weighted by Gasteiger charge is -2.19. The normalized spacial score (nSPS) is 11.6. The molecule has 0 radical (unpaired) electrons. The number of nitrogens with zero attached hydrogens (tertiary/aromatic N) is 4. The van der Waals surface area contributed by atoms with Gasteiger partial charge in [-0.2, -0.15) is 0 Å². The molecule has 3 rings (SSSR count). The summed E-state index contributed by atoms with van der Waals surface area (Å²) in [5, 5.41) is 2.52. The third-order valence-electron chi connectivity index (χ3n) is 5.49. The fourth-order valence-corrected chi connectivity index (χ4v) is 4.73. The van der Waals surface area contributed by atoms with Gasteiger partial charge in [-0.1, -0.05) is 13.8 Å². The highest BCUT2D eigenvalue weighted by Crippen LogP contribution is 2.37. The number of benzene rings is 2. The van der Waals surface area contributed by atoms with E-state index in [0.717, 1.165) is 36.4 Å². The first-order valence-corrected chi connectivity index (χ1v) is 11.5. The van der Waals surface area contributed by atoms with Gasteiger partial charge in [0.2, 0.25) is 0 Å². The molecule has 0 unspecified atom stereocenters. The zero-order valence-electron chi connectivity index (χ0n) is 18.7. The van der Waals surface area contributed by atoms with Crippen LogP contribution in [0.3, 0.4) is 0 Å². The lowest BCUT2D eigenvalue weighted by atomic mass is 10.1. The monoisotopic (exact) mass is 410 g/mol. The molecule has 2 aromatic carbocycles. The Morgan fingerprint density at radius 1 is 0.793 bits per heavy atom. The summed E-state index contributed by atoms with van der Waals surface area (Å²) in [6, 6.07) is 13.3. The van der Waals surface area contributed by atoms with Crippen LogP contribution in [0, 0.1) is 0 Å². The summed E-state index contributed by atoms with van der Waals surface area (Å²) in [5.41, 5.74) is 4.52. The summed E-state index contributed by atoms with van der Waals surface area (Å²) < 4.78 is 0. The number of rotatable bonds is 9.